The molecular weight excluding hydrogens is 594 g/mol. The number of aliphatic hydroxyl groups excluding tert-OH is 1. The second kappa shape index (κ2) is 10.7. The summed E-state index contributed by atoms with van der Waals surface area (Å²) in [5.41, 5.74) is 1.90. The molecule has 3 saturated heterocycles. The third-order valence-electron chi connectivity index (χ3n) is 7.58. The number of nitrogens with zero attached hydrogens (tertiary/aromatic N) is 1. The number of thioether (sulfide) groups is 1. The Kier molecular flexibility index (Phi) is 7.70. The maximum atomic E-state index is 13.8. The monoisotopic (exact) mass is 621 g/mol. The molecule has 6 atom stereocenters. The molecule has 0 radical (unpaired) electrons. The van der Waals surface area contributed by atoms with Crippen LogP contribution in [0.4, 0.5) is 11.4 Å². The van der Waals surface area contributed by atoms with Crippen LogP contribution in [0.15, 0.2) is 42.5 Å². The van der Waals surface area contributed by atoms with Gasteiger partial charge < -0.3 is 25.4 Å². The van der Waals surface area contributed by atoms with Crippen molar-refractivity contribution in [3.63, 3.8) is 0 Å². The van der Waals surface area contributed by atoms with Gasteiger partial charge in [0.05, 0.1) is 40.5 Å². The Morgan fingerprint density at radius 1 is 1.21 bits per heavy atom. The maximum Gasteiger partial charge on any atom is 0.248 e. The van der Waals surface area contributed by atoms with E-state index in [0.717, 1.165) is 5.56 Å². The Labute approximate surface area is 238 Å². The second-order valence-electron chi connectivity index (χ2n) is 9.79. The van der Waals surface area contributed by atoms with Gasteiger partial charge in [0.1, 0.15) is 11.8 Å². The minimum atomic E-state index is -0.860. The van der Waals surface area contributed by atoms with Crippen LogP contribution in [0.3, 0.4) is 0 Å². The molecule has 38 heavy (non-hydrogen) atoms. The first-order chi connectivity index (χ1) is 18.2. The van der Waals surface area contributed by atoms with Crippen molar-refractivity contribution in [1.29, 1.82) is 0 Å². The number of alkyl halides is 1. The summed E-state index contributed by atoms with van der Waals surface area (Å²) in [5, 5.41) is 15.9. The maximum absolute atomic E-state index is 13.8. The Morgan fingerprint density at radius 2 is 1.95 bits per heavy atom. The van der Waals surface area contributed by atoms with Crippen molar-refractivity contribution in [3.05, 3.63) is 53.1 Å². The van der Waals surface area contributed by atoms with Crippen molar-refractivity contribution in [2.24, 2.45) is 11.8 Å². The van der Waals surface area contributed by atoms with Crippen LogP contribution < -0.4 is 15.4 Å². The molecule has 8 nitrogen and oxygen atoms in total. The van der Waals surface area contributed by atoms with Gasteiger partial charge in [-0.15, -0.1) is 11.8 Å². The average Bonchev–Trinajstić information content (AvgIpc) is 3.47. The van der Waals surface area contributed by atoms with Crippen molar-refractivity contribution in [2.45, 2.75) is 41.1 Å². The van der Waals surface area contributed by atoms with Crippen LogP contribution in [-0.2, 0) is 14.4 Å². The molecule has 3 aliphatic heterocycles. The molecule has 0 saturated carbocycles. The van der Waals surface area contributed by atoms with Gasteiger partial charge in [0, 0.05) is 22.3 Å². The number of hydrogen-bond acceptors (Lipinski definition) is 6. The molecule has 3 N–H and O–H groups in total. The molecule has 3 amide bonds. The fraction of sp³-hybridized carbons (Fsp3) is 0.444. The fourth-order valence-electron chi connectivity index (χ4n) is 6.09. The minimum absolute atomic E-state index is 0.00207. The number of anilines is 2. The first kappa shape index (κ1) is 27.3. The highest BCUT2D eigenvalue weighted by Gasteiger charge is 2.75. The molecule has 2 aromatic rings. The number of rotatable bonds is 8. The van der Waals surface area contributed by atoms with Crippen LogP contribution in [-0.4, -0.2) is 68.4 Å². The molecule has 0 aliphatic carbocycles. The predicted molar refractivity (Wildman–Crippen MR) is 152 cm³/mol. The Balaban J connectivity index is 1.45. The van der Waals surface area contributed by atoms with Crippen LogP contribution in [0.1, 0.15) is 18.9 Å². The molecule has 11 heteroatoms. The molecule has 1 spiro atoms. The largest absolute Gasteiger partial charge is 0.494 e. The van der Waals surface area contributed by atoms with E-state index in [1.54, 1.807) is 36.4 Å². The minimum Gasteiger partial charge on any atom is -0.494 e. The van der Waals surface area contributed by atoms with Gasteiger partial charge in [-0.05, 0) is 56.2 Å². The van der Waals surface area contributed by atoms with Gasteiger partial charge in [0.25, 0.3) is 0 Å². The van der Waals surface area contributed by atoms with Crippen LogP contribution in [0.2, 0.25) is 5.02 Å². The number of para-hydroxylation sites is 1. The third-order valence-corrected chi connectivity index (χ3v) is 11.1. The van der Waals surface area contributed by atoms with E-state index in [1.807, 2.05) is 19.9 Å². The summed E-state index contributed by atoms with van der Waals surface area (Å²) in [4.78, 5) is 42.7. The number of halogens is 2. The van der Waals surface area contributed by atoms with Gasteiger partial charge in [-0.25, -0.2) is 0 Å². The van der Waals surface area contributed by atoms with E-state index in [0.29, 0.717) is 35.2 Å². The number of nitrogens with one attached hydrogen (secondary N) is 2. The number of ether oxygens (including phenoxy) is 1. The van der Waals surface area contributed by atoms with Crippen molar-refractivity contribution in [1.82, 2.24) is 4.90 Å². The molecule has 3 fully saturated rings. The SMILES string of the molecule is CCOc1ccc(NC(=O)[C@H]2[C@H]3C(=O)N(CCO)C(C(=O)Nc4c(C)cccc4Cl)C34CC(Br)[C@@H]2S4)cc1. The van der Waals surface area contributed by atoms with Gasteiger partial charge in [0.15, 0.2) is 0 Å². The molecule has 3 aliphatic rings. The Morgan fingerprint density at radius 3 is 2.61 bits per heavy atom. The van der Waals surface area contributed by atoms with Crippen LogP contribution >= 0.6 is 39.3 Å². The molecule has 2 bridgehead atoms. The average molecular weight is 623 g/mol. The number of benzene rings is 2. The fourth-order valence-corrected chi connectivity index (χ4v) is 9.97. The number of aliphatic hydroxyl groups is 1. The zero-order chi connectivity index (χ0) is 27.2. The van der Waals surface area contributed by atoms with E-state index >= 15 is 0 Å². The highest BCUT2D eigenvalue weighted by atomic mass is 79.9. The lowest BCUT2D eigenvalue weighted by Gasteiger charge is -2.35. The first-order valence-corrected chi connectivity index (χ1v) is 14.7. The van der Waals surface area contributed by atoms with Crippen molar-refractivity contribution < 1.29 is 24.2 Å². The van der Waals surface area contributed by atoms with Gasteiger partial charge in [-0.1, -0.05) is 39.7 Å². The number of β-amino-alcohol motifs (C(OH)–C–C–N with tert-alkyl or cyclic N) is 1. The summed E-state index contributed by atoms with van der Waals surface area (Å²) in [6.45, 7) is 4.00. The van der Waals surface area contributed by atoms with E-state index in [4.69, 9.17) is 16.3 Å². The number of carbonyl (C=O) groups is 3. The van der Waals surface area contributed by atoms with Gasteiger partial charge >= 0.3 is 0 Å². The second-order valence-corrected chi connectivity index (χ2v) is 12.9. The zero-order valence-electron chi connectivity index (χ0n) is 20.9. The summed E-state index contributed by atoms with van der Waals surface area (Å²) < 4.78 is 4.66. The number of hydrogen-bond donors (Lipinski definition) is 3. The molecule has 0 aromatic heterocycles. The Bertz CT molecular complexity index is 1240. The molecule has 202 valence electrons. The van der Waals surface area contributed by atoms with E-state index in [2.05, 4.69) is 26.6 Å². The lowest BCUT2D eigenvalue weighted by atomic mass is 9.70. The lowest BCUT2D eigenvalue weighted by molar-refractivity contribution is -0.138. The van der Waals surface area contributed by atoms with Crippen molar-refractivity contribution >= 4 is 68.4 Å². The number of likely N-dealkylation sites (tertiary alicyclic amines) is 1. The van der Waals surface area contributed by atoms with E-state index in [9.17, 15) is 19.5 Å². The molecule has 3 heterocycles. The first-order valence-electron chi connectivity index (χ1n) is 12.5. The summed E-state index contributed by atoms with van der Waals surface area (Å²) in [6.07, 6.45) is 0.549. The lowest BCUT2D eigenvalue weighted by Crippen LogP contribution is -2.53. The standard InChI is InChI=1S/C27H29BrClN3O5S/c1-3-37-16-9-7-15(8-10-16)30-24(34)19-20-26(36)32(11-12-33)23(27(20)13-17(28)22(19)38-27)25(35)31-21-14(2)5-4-6-18(21)29/h4-10,17,19-20,22-23,33H,3,11-13H2,1-2H3,(H,30,34)(H,31,35)/t17?,19-,20-,22-,23?,27?/m0/s1. The molecule has 3 unspecified atom stereocenters. The van der Waals surface area contributed by atoms with Gasteiger partial charge in [-0.2, -0.15) is 0 Å². The van der Waals surface area contributed by atoms with Crippen molar-refractivity contribution in [2.75, 3.05) is 30.4 Å². The van der Waals surface area contributed by atoms with Crippen LogP contribution in [0.5, 0.6) is 5.75 Å². The zero-order valence-corrected chi connectivity index (χ0v) is 24.1. The summed E-state index contributed by atoms with van der Waals surface area (Å²) in [6, 6.07) is 11.6. The van der Waals surface area contributed by atoms with Crippen molar-refractivity contribution in [3.8, 4) is 5.75 Å². The molecular formula is C27H29BrClN3O5S. The predicted octanol–water partition coefficient (Wildman–Crippen LogP) is 4.08. The van der Waals surface area contributed by atoms with Gasteiger partial charge in [0.2, 0.25) is 17.7 Å². The van der Waals surface area contributed by atoms with E-state index in [1.165, 1.54) is 16.7 Å². The van der Waals surface area contributed by atoms with E-state index < -0.39 is 22.6 Å². The molecule has 5 rings (SSSR count). The van der Waals surface area contributed by atoms with Gasteiger partial charge in [-0.3, -0.25) is 14.4 Å². The van der Waals surface area contributed by atoms with Crippen LogP contribution in [0, 0.1) is 18.8 Å². The number of carbonyl (C=O) groups excluding carboxylic acids is 3. The third kappa shape index (κ3) is 4.49. The highest BCUT2D eigenvalue weighted by Crippen LogP contribution is 2.67. The highest BCUT2D eigenvalue weighted by molar-refractivity contribution is 9.09. The smallest absolute Gasteiger partial charge is 0.248 e. The normalized spacial score (nSPS) is 29.3. The summed E-state index contributed by atoms with van der Waals surface area (Å²) in [7, 11) is 0. The molecule has 2 aromatic carbocycles. The quantitative estimate of drug-likeness (QED) is 0.383. The number of aryl methyl sites for hydroxylation is 1. The summed E-state index contributed by atoms with van der Waals surface area (Å²) in [5.74, 6) is -1.54. The topological polar surface area (TPSA) is 108 Å². The number of amides is 3. The number of fused-ring (bicyclic) bond motifs is 1. The summed E-state index contributed by atoms with van der Waals surface area (Å²) >= 11 is 11.7. The van der Waals surface area contributed by atoms with Crippen LogP contribution in [0.25, 0.3) is 0 Å². The Hall–Kier alpha value is -2.27. The van der Waals surface area contributed by atoms with E-state index in [-0.39, 0.29) is 41.0 Å².